The van der Waals surface area contributed by atoms with E-state index in [1.807, 2.05) is 0 Å². The molecule has 2 heteroatoms. The summed E-state index contributed by atoms with van der Waals surface area (Å²) in [6.07, 6.45) is 9.97. The Labute approximate surface area is 103 Å². The van der Waals surface area contributed by atoms with Gasteiger partial charge in [-0.05, 0) is 49.9 Å². The van der Waals surface area contributed by atoms with Crippen LogP contribution in [-0.4, -0.2) is 8.65 Å². The molecule has 0 N–H and O–H groups in total. The van der Waals surface area contributed by atoms with Gasteiger partial charge in [-0.15, -0.1) is 0 Å². The maximum absolute atomic E-state index is 4.04. The standard InChI is InChI=1S/C12H18Br2/c1-2-10-3-9-4-11(13,6-10)8-12(14,5-9)7-10/h9H,2-8H2,1H3. The molecule has 4 aliphatic carbocycles. The quantitative estimate of drug-likeness (QED) is 0.617. The first-order valence-corrected chi connectivity index (χ1v) is 7.43. The second-order valence-corrected chi connectivity index (χ2v) is 9.53. The third kappa shape index (κ3) is 1.36. The Kier molecular flexibility index (Phi) is 2.02. The largest absolute Gasteiger partial charge is 0.0852 e. The maximum atomic E-state index is 4.04. The van der Waals surface area contributed by atoms with Crippen molar-refractivity contribution in [2.75, 3.05) is 0 Å². The summed E-state index contributed by atoms with van der Waals surface area (Å²) < 4.78 is 0.984. The van der Waals surface area contributed by atoms with Crippen LogP contribution in [0.3, 0.4) is 0 Å². The van der Waals surface area contributed by atoms with E-state index in [4.69, 9.17) is 0 Å². The summed E-state index contributed by atoms with van der Waals surface area (Å²) in [5.41, 5.74) is 0.673. The maximum Gasteiger partial charge on any atom is 0.0279 e. The molecule has 0 spiro atoms. The van der Waals surface area contributed by atoms with Crippen molar-refractivity contribution >= 4 is 31.9 Å². The zero-order valence-electron chi connectivity index (χ0n) is 8.78. The van der Waals surface area contributed by atoms with Crippen LogP contribution in [0.5, 0.6) is 0 Å². The highest BCUT2D eigenvalue weighted by Crippen LogP contribution is 2.68. The average molecular weight is 322 g/mol. The first-order valence-electron chi connectivity index (χ1n) is 5.85. The van der Waals surface area contributed by atoms with Crippen LogP contribution in [0, 0.1) is 11.3 Å². The molecule has 80 valence electrons. The highest BCUT2D eigenvalue weighted by molar-refractivity contribution is 9.10. The molecule has 4 rings (SSSR count). The Balaban J connectivity index is 2.01. The summed E-state index contributed by atoms with van der Waals surface area (Å²) in [5.74, 6) is 0.991. The van der Waals surface area contributed by atoms with Crippen molar-refractivity contribution < 1.29 is 0 Å². The lowest BCUT2D eigenvalue weighted by atomic mass is 9.49. The lowest BCUT2D eigenvalue weighted by Crippen LogP contribution is -2.58. The lowest BCUT2D eigenvalue weighted by molar-refractivity contribution is -0.0190. The second kappa shape index (κ2) is 2.80. The molecule has 0 nitrogen and oxygen atoms in total. The Bertz CT molecular complexity index is 255. The van der Waals surface area contributed by atoms with Crippen LogP contribution in [0.25, 0.3) is 0 Å². The van der Waals surface area contributed by atoms with E-state index >= 15 is 0 Å². The van der Waals surface area contributed by atoms with Crippen molar-refractivity contribution in [2.24, 2.45) is 11.3 Å². The molecule has 0 heterocycles. The first-order chi connectivity index (χ1) is 6.47. The SMILES string of the molecule is CCC12CC3CC(Br)(CC(Br)(C3)C1)C2. The van der Waals surface area contributed by atoms with Gasteiger partial charge in [-0.2, -0.15) is 0 Å². The molecule has 0 aromatic rings. The number of rotatable bonds is 1. The zero-order chi connectivity index (χ0) is 10.0. The predicted octanol–water partition coefficient (Wildman–Crippen LogP) is 4.65. The van der Waals surface area contributed by atoms with Gasteiger partial charge < -0.3 is 0 Å². The van der Waals surface area contributed by atoms with Gasteiger partial charge >= 0.3 is 0 Å². The molecule has 0 radical (unpaired) electrons. The van der Waals surface area contributed by atoms with Crippen molar-refractivity contribution in [1.29, 1.82) is 0 Å². The van der Waals surface area contributed by atoms with E-state index in [1.54, 1.807) is 0 Å². The van der Waals surface area contributed by atoms with Gasteiger partial charge in [-0.3, -0.25) is 0 Å². The monoisotopic (exact) mass is 320 g/mol. The van der Waals surface area contributed by atoms with Crippen molar-refractivity contribution in [1.82, 2.24) is 0 Å². The minimum atomic E-state index is 0.492. The van der Waals surface area contributed by atoms with Crippen molar-refractivity contribution in [2.45, 2.75) is 60.5 Å². The minimum absolute atomic E-state index is 0.492. The molecule has 0 aromatic carbocycles. The van der Waals surface area contributed by atoms with Gasteiger partial charge in [0, 0.05) is 8.65 Å². The van der Waals surface area contributed by atoms with E-state index in [0.29, 0.717) is 14.1 Å². The lowest BCUT2D eigenvalue weighted by Gasteiger charge is -2.63. The van der Waals surface area contributed by atoms with Gasteiger partial charge in [-0.1, -0.05) is 45.2 Å². The van der Waals surface area contributed by atoms with Crippen LogP contribution in [0.4, 0.5) is 0 Å². The normalized spacial score (nSPS) is 60.6. The van der Waals surface area contributed by atoms with Crippen molar-refractivity contribution in [3.05, 3.63) is 0 Å². The molecule has 0 saturated heterocycles. The molecule has 4 saturated carbocycles. The number of hydrogen-bond acceptors (Lipinski definition) is 0. The second-order valence-electron chi connectivity index (χ2n) is 6.16. The molecule has 4 fully saturated rings. The topological polar surface area (TPSA) is 0 Å². The zero-order valence-corrected chi connectivity index (χ0v) is 12.0. The van der Waals surface area contributed by atoms with E-state index in [9.17, 15) is 0 Å². The Morgan fingerprint density at radius 1 is 1.00 bits per heavy atom. The molecule has 2 unspecified atom stereocenters. The minimum Gasteiger partial charge on any atom is -0.0852 e. The van der Waals surface area contributed by atoms with Gasteiger partial charge in [-0.25, -0.2) is 0 Å². The van der Waals surface area contributed by atoms with Crippen LogP contribution in [-0.2, 0) is 0 Å². The molecule has 4 bridgehead atoms. The van der Waals surface area contributed by atoms with Gasteiger partial charge in [0.2, 0.25) is 0 Å². The van der Waals surface area contributed by atoms with E-state index < -0.39 is 0 Å². The highest BCUT2D eigenvalue weighted by atomic mass is 79.9. The third-order valence-corrected chi connectivity index (χ3v) is 6.57. The summed E-state index contributed by atoms with van der Waals surface area (Å²) in [5, 5.41) is 0. The Morgan fingerprint density at radius 3 is 2.00 bits per heavy atom. The summed E-state index contributed by atoms with van der Waals surface area (Å²) in [6.45, 7) is 2.39. The van der Waals surface area contributed by atoms with Crippen molar-refractivity contribution in [3.8, 4) is 0 Å². The van der Waals surface area contributed by atoms with Crippen LogP contribution in [0.1, 0.15) is 51.9 Å². The predicted molar refractivity (Wildman–Crippen MR) is 67.2 cm³/mol. The van der Waals surface area contributed by atoms with Crippen molar-refractivity contribution in [3.63, 3.8) is 0 Å². The molecule has 0 aliphatic heterocycles. The number of hydrogen-bond donors (Lipinski definition) is 0. The van der Waals surface area contributed by atoms with Gasteiger partial charge in [0.25, 0.3) is 0 Å². The molecule has 0 amide bonds. The van der Waals surface area contributed by atoms with E-state index in [2.05, 4.69) is 38.8 Å². The summed E-state index contributed by atoms with van der Waals surface area (Å²) >= 11 is 8.08. The smallest absolute Gasteiger partial charge is 0.0279 e. The number of halogens is 2. The van der Waals surface area contributed by atoms with Gasteiger partial charge in [0.05, 0.1) is 0 Å². The Morgan fingerprint density at radius 2 is 1.57 bits per heavy atom. The number of alkyl halides is 2. The fraction of sp³-hybridized carbons (Fsp3) is 1.00. The fourth-order valence-corrected chi connectivity index (χ4v) is 8.35. The van der Waals surface area contributed by atoms with Crippen LogP contribution in [0.15, 0.2) is 0 Å². The molecule has 14 heavy (non-hydrogen) atoms. The highest BCUT2D eigenvalue weighted by Gasteiger charge is 2.61. The van der Waals surface area contributed by atoms with Gasteiger partial charge in [0.1, 0.15) is 0 Å². The average Bonchev–Trinajstić information content (AvgIpc) is 1.97. The van der Waals surface area contributed by atoms with Crippen LogP contribution in [0.2, 0.25) is 0 Å². The Hall–Kier alpha value is 0.960. The fourth-order valence-electron chi connectivity index (χ4n) is 4.79. The van der Waals surface area contributed by atoms with E-state index in [0.717, 1.165) is 5.92 Å². The van der Waals surface area contributed by atoms with Crippen LogP contribution >= 0.6 is 31.9 Å². The van der Waals surface area contributed by atoms with Crippen LogP contribution < -0.4 is 0 Å². The van der Waals surface area contributed by atoms with Gasteiger partial charge in [0.15, 0.2) is 0 Å². The first kappa shape index (κ1) is 10.1. The molecular weight excluding hydrogens is 304 g/mol. The molecule has 4 aliphatic rings. The molecule has 0 aromatic heterocycles. The summed E-state index contributed by atoms with van der Waals surface area (Å²) in [7, 11) is 0. The molecule has 2 atom stereocenters. The third-order valence-electron chi connectivity index (χ3n) is 4.80. The van der Waals surface area contributed by atoms with E-state index in [1.165, 1.54) is 44.9 Å². The summed E-state index contributed by atoms with van der Waals surface area (Å²) in [6, 6.07) is 0. The summed E-state index contributed by atoms with van der Waals surface area (Å²) in [4.78, 5) is 0. The molecular formula is C12H18Br2. The van der Waals surface area contributed by atoms with E-state index in [-0.39, 0.29) is 0 Å².